The van der Waals surface area contributed by atoms with Crippen LogP contribution in [0.1, 0.15) is 12.0 Å². The molecule has 1 unspecified atom stereocenters. The second kappa shape index (κ2) is 9.50. The lowest BCUT2D eigenvalue weighted by Crippen LogP contribution is -3.09. The predicted octanol–water partition coefficient (Wildman–Crippen LogP) is -4.34. The molecule has 24 heavy (non-hydrogen) atoms. The van der Waals surface area contributed by atoms with Gasteiger partial charge >= 0.3 is 0 Å². The SMILES string of the molecule is C[NH+](C)CCC[NH+]1Cc2ccc(Cl)cc2Nc2ccccc21.[Cl-].[Cl-]. The van der Waals surface area contributed by atoms with E-state index in [4.69, 9.17) is 11.6 Å². The Labute approximate surface area is 161 Å². The van der Waals surface area contributed by atoms with Crippen LogP contribution in [0.15, 0.2) is 42.5 Å². The number of benzene rings is 2. The predicted molar refractivity (Wildman–Crippen MR) is 92.7 cm³/mol. The molecule has 1 aliphatic rings. The fraction of sp³-hybridized carbons (Fsp3) is 0.333. The molecule has 3 N–H and O–H groups in total. The van der Waals surface area contributed by atoms with Crippen LogP contribution in [0.25, 0.3) is 0 Å². The van der Waals surface area contributed by atoms with Crippen LogP contribution in [0.4, 0.5) is 17.1 Å². The summed E-state index contributed by atoms with van der Waals surface area (Å²) in [5, 5.41) is 4.34. The second-order valence-corrected chi connectivity index (χ2v) is 6.75. The number of hydrogen-bond donors (Lipinski definition) is 3. The summed E-state index contributed by atoms with van der Waals surface area (Å²) in [6.45, 7) is 3.35. The maximum Gasteiger partial charge on any atom is 0.155 e. The molecule has 3 nitrogen and oxygen atoms in total. The lowest BCUT2D eigenvalue weighted by Gasteiger charge is -2.19. The van der Waals surface area contributed by atoms with Gasteiger partial charge in [-0.25, -0.2) is 0 Å². The first kappa shape index (κ1) is 21.1. The summed E-state index contributed by atoms with van der Waals surface area (Å²) in [4.78, 5) is 3.03. The summed E-state index contributed by atoms with van der Waals surface area (Å²) in [6, 6.07) is 14.8. The number of para-hydroxylation sites is 2. The molecule has 1 heterocycles. The zero-order chi connectivity index (χ0) is 15.5. The van der Waals surface area contributed by atoms with Crippen LogP contribution in [0.2, 0.25) is 5.02 Å². The average Bonchev–Trinajstić information content (AvgIpc) is 2.63. The Morgan fingerprint density at radius 1 is 1.08 bits per heavy atom. The minimum atomic E-state index is 0. The normalized spacial score (nSPS) is 15.2. The minimum Gasteiger partial charge on any atom is -1.00 e. The molecule has 0 aliphatic carbocycles. The van der Waals surface area contributed by atoms with Crippen molar-refractivity contribution in [3.05, 3.63) is 53.1 Å². The molecule has 0 bridgehead atoms. The Bertz CT molecular complexity index is 662. The van der Waals surface area contributed by atoms with E-state index < -0.39 is 0 Å². The van der Waals surface area contributed by atoms with E-state index in [1.807, 2.05) is 12.1 Å². The fourth-order valence-corrected chi connectivity index (χ4v) is 3.24. The molecule has 0 aromatic heterocycles. The summed E-state index contributed by atoms with van der Waals surface area (Å²) in [5.41, 5.74) is 5.00. The molecule has 0 saturated heterocycles. The topological polar surface area (TPSA) is 20.9 Å². The maximum atomic E-state index is 6.16. The van der Waals surface area contributed by atoms with Crippen molar-refractivity contribution >= 4 is 28.7 Å². The highest BCUT2D eigenvalue weighted by Crippen LogP contribution is 2.30. The van der Waals surface area contributed by atoms with Gasteiger partial charge in [0.1, 0.15) is 12.2 Å². The zero-order valence-electron chi connectivity index (χ0n) is 14.0. The maximum absolute atomic E-state index is 6.16. The molecular formula is C18H24Cl3N3. The van der Waals surface area contributed by atoms with Crippen LogP contribution >= 0.6 is 11.6 Å². The highest BCUT2D eigenvalue weighted by molar-refractivity contribution is 6.30. The molecule has 132 valence electrons. The Balaban J connectivity index is 0.00000144. The highest BCUT2D eigenvalue weighted by atomic mass is 35.5. The van der Waals surface area contributed by atoms with E-state index in [1.165, 1.54) is 39.7 Å². The van der Waals surface area contributed by atoms with Crippen molar-refractivity contribution in [3.8, 4) is 0 Å². The lowest BCUT2D eigenvalue weighted by molar-refractivity contribution is -0.874. The zero-order valence-corrected chi connectivity index (χ0v) is 16.3. The third kappa shape index (κ3) is 5.01. The standard InChI is InChI=1S/C18H22ClN3.2ClH/c1-21(2)10-5-11-22-13-14-8-9-15(19)12-17(14)20-16-6-3-4-7-18(16)22;;/h3-4,6-9,12,20H,5,10-11,13H2,1-2H3;2*1H. The van der Waals surface area contributed by atoms with Gasteiger partial charge in [-0.05, 0) is 24.3 Å². The summed E-state index contributed by atoms with van der Waals surface area (Å²) in [6.07, 6.45) is 1.22. The van der Waals surface area contributed by atoms with Crippen molar-refractivity contribution in [2.45, 2.75) is 13.0 Å². The molecule has 6 heteroatoms. The van der Waals surface area contributed by atoms with Crippen LogP contribution in [0.5, 0.6) is 0 Å². The van der Waals surface area contributed by atoms with Crippen LogP contribution < -0.4 is 39.9 Å². The largest absolute Gasteiger partial charge is 1.00 e. The van der Waals surface area contributed by atoms with E-state index in [0.717, 1.165) is 23.8 Å². The quantitative estimate of drug-likeness (QED) is 0.484. The number of fused-ring (bicyclic) bond motifs is 2. The number of nitrogens with one attached hydrogen (secondary N) is 3. The Morgan fingerprint density at radius 3 is 2.58 bits per heavy atom. The first-order chi connectivity index (χ1) is 10.6. The number of rotatable bonds is 4. The van der Waals surface area contributed by atoms with E-state index in [0.29, 0.717) is 0 Å². The van der Waals surface area contributed by atoms with E-state index in [-0.39, 0.29) is 24.8 Å². The molecule has 0 fully saturated rings. The molecule has 2 aromatic carbocycles. The fourth-order valence-electron chi connectivity index (χ4n) is 3.07. The average molecular weight is 389 g/mol. The molecular weight excluding hydrogens is 365 g/mol. The van der Waals surface area contributed by atoms with Gasteiger partial charge < -0.3 is 35.0 Å². The van der Waals surface area contributed by atoms with E-state index in [9.17, 15) is 0 Å². The van der Waals surface area contributed by atoms with Gasteiger partial charge in [-0.15, -0.1) is 0 Å². The smallest absolute Gasteiger partial charge is 0.155 e. The number of anilines is 2. The third-order valence-corrected chi connectivity index (χ3v) is 4.44. The van der Waals surface area contributed by atoms with Crippen LogP contribution in [-0.4, -0.2) is 27.2 Å². The van der Waals surface area contributed by atoms with Gasteiger partial charge in [0.25, 0.3) is 0 Å². The van der Waals surface area contributed by atoms with Crippen molar-refractivity contribution in [1.82, 2.24) is 0 Å². The van der Waals surface area contributed by atoms with Gasteiger partial charge in [0.15, 0.2) is 5.69 Å². The second-order valence-electron chi connectivity index (χ2n) is 6.31. The van der Waals surface area contributed by atoms with Crippen molar-refractivity contribution < 1.29 is 34.6 Å². The van der Waals surface area contributed by atoms with Gasteiger partial charge in [-0.1, -0.05) is 23.7 Å². The Hall–Kier alpha value is -0.970. The van der Waals surface area contributed by atoms with Crippen LogP contribution in [0, 0.1) is 0 Å². The number of quaternary nitrogens is 2. The molecule has 1 aliphatic heterocycles. The van der Waals surface area contributed by atoms with Crippen molar-refractivity contribution in [1.29, 1.82) is 0 Å². The van der Waals surface area contributed by atoms with Gasteiger partial charge in [-0.3, -0.25) is 4.90 Å². The molecule has 2 aromatic rings. The van der Waals surface area contributed by atoms with Crippen molar-refractivity contribution in [2.24, 2.45) is 0 Å². The molecule has 3 rings (SSSR count). The minimum absolute atomic E-state index is 0. The molecule has 0 radical (unpaired) electrons. The Kier molecular flexibility index (Phi) is 8.34. The summed E-state index contributed by atoms with van der Waals surface area (Å²) in [7, 11) is 4.43. The Morgan fingerprint density at radius 2 is 1.83 bits per heavy atom. The van der Waals surface area contributed by atoms with Crippen molar-refractivity contribution in [3.63, 3.8) is 0 Å². The first-order valence-electron chi connectivity index (χ1n) is 7.92. The van der Waals surface area contributed by atoms with Gasteiger partial charge in [0.2, 0.25) is 0 Å². The number of halogens is 3. The summed E-state index contributed by atoms with van der Waals surface area (Å²) < 4.78 is 0. The summed E-state index contributed by atoms with van der Waals surface area (Å²) >= 11 is 6.16. The third-order valence-electron chi connectivity index (χ3n) is 4.21. The molecule has 0 amide bonds. The monoisotopic (exact) mass is 387 g/mol. The van der Waals surface area contributed by atoms with Crippen LogP contribution in [-0.2, 0) is 6.54 Å². The van der Waals surface area contributed by atoms with Gasteiger partial charge in [0.05, 0.1) is 27.2 Å². The molecule has 1 atom stereocenters. The van der Waals surface area contributed by atoms with E-state index in [2.05, 4.69) is 49.7 Å². The van der Waals surface area contributed by atoms with Crippen molar-refractivity contribution in [2.75, 3.05) is 32.5 Å². The highest BCUT2D eigenvalue weighted by Gasteiger charge is 2.23. The summed E-state index contributed by atoms with van der Waals surface area (Å²) in [5.74, 6) is 0. The molecule has 0 spiro atoms. The first-order valence-corrected chi connectivity index (χ1v) is 8.30. The number of hydrogen-bond acceptors (Lipinski definition) is 1. The van der Waals surface area contributed by atoms with Gasteiger partial charge in [0, 0.05) is 28.8 Å². The molecule has 0 saturated carbocycles. The lowest BCUT2D eigenvalue weighted by atomic mass is 10.1. The van der Waals surface area contributed by atoms with E-state index in [1.54, 1.807) is 0 Å². The van der Waals surface area contributed by atoms with Gasteiger partial charge in [-0.2, -0.15) is 0 Å². The van der Waals surface area contributed by atoms with E-state index >= 15 is 0 Å². The van der Waals surface area contributed by atoms with Crippen LogP contribution in [0.3, 0.4) is 0 Å².